The third kappa shape index (κ3) is 40.1. The van der Waals surface area contributed by atoms with Crippen LogP contribution in [0, 0.1) is 0 Å². The summed E-state index contributed by atoms with van der Waals surface area (Å²) in [6.45, 7) is 3.69. The van der Waals surface area contributed by atoms with E-state index >= 15 is 0 Å². The Balaban J connectivity index is 2.32. The average Bonchev–Trinajstić information content (AvgIpc) is 3.33. The predicted octanol–water partition coefficient (Wildman–Crippen LogP) is 13.5. The Morgan fingerprint density at radius 2 is 0.900 bits per heavy atom. The highest BCUT2D eigenvalue weighted by Gasteiger charge is 2.46. The van der Waals surface area contributed by atoms with Crippen molar-refractivity contribution in [2.24, 2.45) is 0 Å². The average molecular weight is 1010 g/mol. The normalized spacial score (nSPS) is 19.3. The van der Waals surface area contributed by atoms with Crippen molar-refractivity contribution >= 4 is 22.1 Å². The van der Waals surface area contributed by atoms with E-state index in [0.29, 0.717) is 12.8 Å². The molecule has 1 saturated heterocycles. The van der Waals surface area contributed by atoms with Crippen LogP contribution in [0.3, 0.4) is 0 Å². The highest BCUT2D eigenvalue weighted by atomic mass is 32.2. The number of unbranched alkanes of at least 4 members (excludes halogenated alkanes) is 28. The summed E-state index contributed by atoms with van der Waals surface area (Å²) < 4.78 is 54.4. The molecule has 1 fully saturated rings. The minimum absolute atomic E-state index is 0.155. The van der Waals surface area contributed by atoms with Crippen LogP contribution in [0.25, 0.3) is 0 Å². The molecular formula is C57H102O12S. The third-order valence-corrected chi connectivity index (χ3v) is 13.7. The van der Waals surface area contributed by atoms with Crippen LogP contribution in [0.5, 0.6) is 0 Å². The summed E-state index contributed by atoms with van der Waals surface area (Å²) in [5.41, 5.74) is 0. The smallest absolute Gasteiger partial charge is 0.306 e. The molecule has 12 nitrogen and oxygen atoms in total. The van der Waals surface area contributed by atoms with Crippen molar-refractivity contribution in [2.75, 3.05) is 19.0 Å². The molecule has 13 heteroatoms. The fourth-order valence-corrected chi connectivity index (χ4v) is 9.30. The molecule has 0 amide bonds. The predicted molar refractivity (Wildman–Crippen MR) is 284 cm³/mol. The fourth-order valence-electron chi connectivity index (χ4n) is 8.61. The molecule has 6 atom stereocenters. The Labute approximate surface area is 426 Å². The van der Waals surface area contributed by atoms with Crippen molar-refractivity contribution in [3.8, 4) is 0 Å². The highest BCUT2D eigenvalue weighted by Crippen LogP contribution is 2.24. The van der Waals surface area contributed by atoms with E-state index in [9.17, 15) is 37.9 Å². The van der Waals surface area contributed by atoms with Gasteiger partial charge in [0, 0.05) is 12.8 Å². The Morgan fingerprint density at radius 1 is 0.500 bits per heavy atom. The van der Waals surface area contributed by atoms with E-state index in [1.807, 2.05) is 0 Å². The second-order valence-corrected chi connectivity index (χ2v) is 21.1. The zero-order chi connectivity index (χ0) is 51.2. The molecule has 0 bridgehead atoms. The Morgan fingerprint density at radius 3 is 1.34 bits per heavy atom. The molecule has 0 aromatic carbocycles. The number of hydrogen-bond acceptors (Lipinski definition) is 11. The van der Waals surface area contributed by atoms with Crippen LogP contribution < -0.4 is 0 Å². The van der Waals surface area contributed by atoms with Crippen molar-refractivity contribution in [3.05, 3.63) is 48.6 Å². The molecule has 4 N–H and O–H groups in total. The molecule has 0 aromatic rings. The van der Waals surface area contributed by atoms with Gasteiger partial charge in [0.1, 0.15) is 36.8 Å². The summed E-state index contributed by atoms with van der Waals surface area (Å²) in [5.74, 6) is -1.98. The number of esters is 2. The summed E-state index contributed by atoms with van der Waals surface area (Å²) in [5, 5.41) is 31.0. The molecule has 0 aromatic heterocycles. The first kappa shape index (κ1) is 65.6. The van der Waals surface area contributed by atoms with Crippen LogP contribution >= 0.6 is 0 Å². The number of hydrogen-bond donors (Lipinski definition) is 4. The molecule has 1 aliphatic rings. The van der Waals surface area contributed by atoms with Gasteiger partial charge in [-0.3, -0.25) is 14.1 Å². The van der Waals surface area contributed by atoms with Crippen molar-refractivity contribution < 1.29 is 56.8 Å². The summed E-state index contributed by atoms with van der Waals surface area (Å²) >= 11 is 0. The van der Waals surface area contributed by atoms with E-state index < -0.39 is 71.2 Å². The first-order valence-electron chi connectivity index (χ1n) is 28.2. The third-order valence-electron chi connectivity index (χ3n) is 12.9. The maximum Gasteiger partial charge on any atom is 0.306 e. The summed E-state index contributed by atoms with van der Waals surface area (Å²) in [7, 11) is -4.61. The minimum atomic E-state index is -4.61. The second kappa shape index (κ2) is 46.4. The topological polar surface area (TPSA) is 186 Å². The SMILES string of the molecule is CC/C=C\C/C=C\C/C=C\C/C=C\CCCCCCCCCCC(=O)OC(COC(=O)CCCCCCCCCCCCCCCCCCCCCCC)COC1OC(CS(=O)(=O)O)C(O)C(O)C1O. The number of carbonyl (C=O) groups excluding carboxylic acids is 2. The largest absolute Gasteiger partial charge is 0.462 e. The maximum atomic E-state index is 12.9. The molecule has 70 heavy (non-hydrogen) atoms. The van der Waals surface area contributed by atoms with E-state index in [4.69, 9.17) is 18.9 Å². The van der Waals surface area contributed by atoms with Gasteiger partial charge in [0.05, 0.1) is 6.61 Å². The highest BCUT2D eigenvalue weighted by molar-refractivity contribution is 7.85. The van der Waals surface area contributed by atoms with E-state index in [1.165, 1.54) is 128 Å². The van der Waals surface area contributed by atoms with Crippen LogP contribution in [-0.4, -0.2) is 96.0 Å². The number of rotatable bonds is 48. The summed E-state index contributed by atoms with van der Waals surface area (Å²) in [6, 6.07) is 0. The second-order valence-electron chi connectivity index (χ2n) is 19.6. The van der Waals surface area contributed by atoms with Crippen molar-refractivity contribution in [2.45, 2.75) is 282 Å². The lowest BCUT2D eigenvalue weighted by Gasteiger charge is -2.40. The molecule has 1 rings (SSSR count). The molecule has 408 valence electrons. The zero-order valence-electron chi connectivity index (χ0n) is 44.1. The fraction of sp³-hybridized carbons (Fsp3) is 0.825. The monoisotopic (exact) mass is 1010 g/mol. The van der Waals surface area contributed by atoms with Gasteiger partial charge in [-0.25, -0.2) is 0 Å². The van der Waals surface area contributed by atoms with Gasteiger partial charge < -0.3 is 34.3 Å². The summed E-state index contributed by atoms with van der Waals surface area (Å²) in [4.78, 5) is 25.6. The van der Waals surface area contributed by atoms with E-state index in [2.05, 4.69) is 62.5 Å². The van der Waals surface area contributed by atoms with Gasteiger partial charge in [0.25, 0.3) is 10.1 Å². The van der Waals surface area contributed by atoms with Gasteiger partial charge in [-0.15, -0.1) is 0 Å². The van der Waals surface area contributed by atoms with Crippen LogP contribution in [0.4, 0.5) is 0 Å². The minimum Gasteiger partial charge on any atom is -0.462 e. The quantitative estimate of drug-likeness (QED) is 0.0196. The number of aliphatic hydroxyl groups excluding tert-OH is 3. The Bertz CT molecular complexity index is 1460. The van der Waals surface area contributed by atoms with Gasteiger partial charge in [0.15, 0.2) is 12.4 Å². The number of aliphatic hydroxyl groups is 3. The standard InChI is InChI=1S/C57H102O12S/c1-3-5-7-9-11-13-15-17-19-21-23-25-27-29-31-33-35-37-39-41-43-45-52(58)66-47-50(48-67-57-56(62)55(61)54(60)51(69-57)49-70(63,64)65)68-53(59)46-44-42-40-38-36-34-32-30-28-26-24-22-20-18-16-14-12-10-8-6-4-2/h6,8,12,14,18,20,24,26,50-51,54-57,60-62H,3-5,7,9-11,13,15-17,19,21-23,25,27-49H2,1-2H3,(H,63,64,65)/b8-6-,14-12-,20-18-,26-24-. The van der Waals surface area contributed by atoms with Crippen LogP contribution in [0.2, 0.25) is 0 Å². The summed E-state index contributed by atoms with van der Waals surface area (Å²) in [6.07, 6.45) is 48.6. The zero-order valence-corrected chi connectivity index (χ0v) is 44.9. The number of allylic oxidation sites excluding steroid dienone is 8. The van der Waals surface area contributed by atoms with E-state index in [0.717, 1.165) is 77.0 Å². The lowest BCUT2D eigenvalue weighted by Crippen LogP contribution is -2.60. The van der Waals surface area contributed by atoms with Crippen LogP contribution in [0.15, 0.2) is 48.6 Å². The first-order chi connectivity index (χ1) is 34.0. The van der Waals surface area contributed by atoms with Crippen LogP contribution in [0.1, 0.15) is 245 Å². The molecule has 6 unspecified atom stereocenters. The lowest BCUT2D eigenvalue weighted by atomic mass is 10.00. The molecule has 0 radical (unpaired) electrons. The van der Waals surface area contributed by atoms with Crippen molar-refractivity contribution in [3.63, 3.8) is 0 Å². The van der Waals surface area contributed by atoms with Gasteiger partial charge in [-0.2, -0.15) is 8.42 Å². The van der Waals surface area contributed by atoms with Gasteiger partial charge in [-0.05, 0) is 51.4 Å². The van der Waals surface area contributed by atoms with Gasteiger partial charge in [-0.1, -0.05) is 229 Å². The Hall–Kier alpha value is -2.39. The van der Waals surface area contributed by atoms with Crippen molar-refractivity contribution in [1.82, 2.24) is 0 Å². The first-order valence-corrected chi connectivity index (χ1v) is 29.8. The molecule has 0 spiro atoms. The maximum absolute atomic E-state index is 12.9. The molecule has 0 aliphatic carbocycles. The molecule has 0 saturated carbocycles. The van der Waals surface area contributed by atoms with Crippen molar-refractivity contribution in [1.29, 1.82) is 0 Å². The lowest BCUT2D eigenvalue weighted by molar-refractivity contribution is -0.297. The van der Waals surface area contributed by atoms with Gasteiger partial charge in [0.2, 0.25) is 0 Å². The van der Waals surface area contributed by atoms with E-state index in [-0.39, 0.29) is 19.4 Å². The number of ether oxygens (including phenoxy) is 4. The molecular weight excluding hydrogens is 909 g/mol. The van der Waals surface area contributed by atoms with Crippen LogP contribution in [-0.2, 0) is 38.7 Å². The molecule has 1 aliphatic heterocycles. The number of carbonyl (C=O) groups is 2. The Kier molecular flexibility index (Phi) is 43.5. The van der Waals surface area contributed by atoms with E-state index in [1.54, 1.807) is 0 Å². The molecule has 1 heterocycles. The van der Waals surface area contributed by atoms with Gasteiger partial charge >= 0.3 is 11.9 Å².